The van der Waals surface area contributed by atoms with E-state index < -0.39 is 11.9 Å². The molecule has 1 aromatic carbocycles. The van der Waals surface area contributed by atoms with Gasteiger partial charge in [-0.25, -0.2) is 0 Å². The van der Waals surface area contributed by atoms with Crippen molar-refractivity contribution in [2.24, 2.45) is 0 Å². The Kier molecular flexibility index (Phi) is 4.35. The Bertz CT molecular complexity index is 510. The van der Waals surface area contributed by atoms with Crippen LogP contribution < -0.4 is 9.47 Å². The number of carbonyl (C=O) groups excluding carboxylic acids is 2. The van der Waals surface area contributed by atoms with Crippen molar-refractivity contribution in [1.82, 2.24) is 0 Å². The maximum Gasteiger partial charge on any atom is 0.308 e. The number of rotatable bonds is 2. The summed E-state index contributed by atoms with van der Waals surface area (Å²) in [5.41, 5.74) is 1.55. The van der Waals surface area contributed by atoms with Crippen molar-refractivity contribution in [2.75, 3.05) is 0 Å². The average Bonchev–Trinajstić information content (AvgIpc) is 2.19. The maximum absolute atomic E-state index is 11.2. The molecule has 0 radical (unpaired) electrons. The molecule has 1 rings (SSSR count). The molecule has 4 heteroatoms. The lowest BCUT2D eigenvalue weighted by atomic mass is 9.85. The van der Waals surface area contributed by atoms with Crippen molar-refractivity contribution in [1.29, 1.82) is 0 Å². The van der Waals surface area contributed by atoms with Crippen molar-refractivity contribution < 1.29 is 19.1 Å². The lowest BCUT2D eigenvalue weighted by molar-refractivity contribution is -0.132. The minimum Gasteiger partial charge on any atom is -0.426 e. The monoisotopic (exact) mass is 264 g/mol. The van der Waals surface area contributed by atoms with Gasteiger partial charge in [0.2, 0.25) is 0 Å². The van der Waals surface area contributed by atoms with Crippen LogP contribution >= 0.6 is 0 Å². The minimum absolute atomic E-state index is 0.176. The molecule has 0 bridgehead atoms. The Labute approximate surface area is 113 Å². The Hall–Kier alpha value is -1.84. The van der Waals surface area contributed by atoms with E-state index in [1.807, 2.05) is 33.8 Å². The van der Waals surface area contributed by atoms with Crippen LogP contribution in [-0.4, -0.2) is 11.9 Å². The molecule has 0 aliphatic carbocycles. The number of esters is 2. The van der Waals surface area contributed by atoms with Gasteiger partial charge in [0.1, 0.15) is 11.5 Å². The second-order valence-electron chi connectivity index (χ2n) is 5.55. The Morgan fingerprint density at radius 2 is 1.42 bits per heavy atom. The lowest BCUT2D eigenvalue weighted by Gasteiger charge is -2.23. The lowest BCUT2D eigenvalue weighted by Crippen LogP contribution is -2.16. The highest BCUT2D eigenvalue weighted by molar-refractivity contribution is 5.72. The fraction of sp³-hybridized carbons (Fsp3) is 0.467. The fourth-order valence-corrected chi connectivity index (χ4v) is 1.76. The molecule has 1 aromatic rings. The molecule has 0 aliphatic rings. The van der Waals surface area contributed by atoms with Crippen molar-refractivity contribution >= 4 is 11.9 Å². The Morgan fingerprint density at radius 3 is 1.84 bits per heavy atom. The Balaban J connectivity index is 3.36. The summed E-state index contributed by atoms with van der Waals surface area (Å²) in [6.07, 6.45) is 0. The smallest absolute Gasteiger partial charge is 0.308 e. The van der Waals surface area contributed by atoms with Gasteiger partial charge in [-0.1, -0.05) is 20.8 Å². The predicted octanol–water partition coefficient (Wildman–Crippen LogP) is 3.14. The summed E-state index contributed by atoms with van der Waals surface area (Å²) in [4.78, 5) is 22.2. The standard InChI is InChI=1S/C15H20O4/c1-9-7-12(15(4,5)6)14(19-11(3)17)8-13(9)18-10(2)16/h7-8H,1-6H3. The summed E-state index contributed by atoms with van der Waals surface area (Å²) in [6, 6.07) is 3.48. The first-order valence-electron chi connectivity index (χ1n) is 6.13. The third-order valence-corrected chi connectivity index (χ3v) is 2.59. The SMILES string of the molecule is CC(=O)Oc1cc(OC(C)=O)c(C(C)(C)C)cc1C. The molecule has 0 saturated carbocycles. The van der Waals surface area contributed by atoms with E-state index >= 15 is 0 Å². The van der Waals surface area contributed by atoms with Gasteiger partial charge in [0.05, 0.1) is 0 Å². The average molecular weight is 264 g/mol. The summed E-state index contributed by atoms with van der Waals surface area (Å²) in [7, 11) is 0. The molecule has 0 spiro atoms. The number of hydrogen-bond donors (Lipinski definition) is 0. The third-order valence-electron chi connectivity index (χ3n) is 2.59. The summed E-state index contributed by atoms with van der Waals surface area (Å²) in [5.74, 6) is 0.0436. The van der Waals surface area contributed by atoms with Crippen LogP contribution in [0.25, 0.3) is 0 Å². The van der Waals surface area contributed by atoms with Crippen LogP contribution in [0.2, 0.25) is 0 Å². The molecule has 104 valence electrons. The van der Waals surface area contributed by atoms with Gasteiger partial charge in [-0.2, -0.15) is 0 Å². The molecule has 0 N–H and O–H groups in total. The molecule has 0 amide bonds. The number of ether oxygens (including phenoxy) is 2. The first kappa shape index (κ1) is 15.2. The second kappa shape index (κ2) is 5.43. The van der Waals surface area contributed by atoms with Gasteiger partial charge in [-0.15, -0.1) is 0 Å². The molecule has 0 aromatic heterocycles. The summed E-state index contributed by atoms with van der Waals surface area (Å²) < 4.78 is 10.3. The zero-order chi connectivity index (χ0) is 14.8. The Morgan fingerprint density at radius 1 is 0.947 bits per heavy atom. The molecule has 0 heterocycles. The highest BCUT2D eigenvalue weighted by Gasteiger charge is 2.22. The van der Waals surface area contributed by atoms with Crippen molar-refractivity contribution in [3.05, 3.63) is 23.3 Å². The molecule has 0 fully saturated rings. The van der Waals surface area contributed by atoms with Crippen LogP contribution in [0.15, 0.2) is 12.1 Å². The number of carbonyl (C=O) groups is 2. The molecule has 19 heavy (non-hydrogen) atoms. The van der Waals surface area contributed by atoms with Gasteiger partial charge in [-0.05, 0) is 24.0 Å². The minimum atomic E-state index is -0.402. The van der Waals surface area contributed by atoms with Crippen molar-refractivity contribution in [3.8, 4) is 11.5 Å². The van der Waals surface area contributed by atoms with Crippen LogP contribution in [0, 0.1) is 6.92 Å². The normalized spacial score (nSPS) is 11.1. The van der Waals surface area contributed by atoms with E-state index in [-0.39, 0.29) is 5.41 Å². The van der Waals surface area contributed by atoms with Crippen LogP contribution in [0.5, 0.6) is 11.5 Å². The van der Waals surface area contributed by atoms with Crippen LogP contribution in [-0.2, 0) is 15.0 Å². The topological polar surface area (TPSA) is 52.6 Å². The fourth-order valence-electron chi connectivity index (χ4n) is 1.76. The van der Waals surface area contributed by atoms with E-state index in [1.165, 1.54) is 13.8 Å². The summed E-state index contributed by atoms with van der Waals surface area (Å²) in [5, 5.41) is 0. The van der Waals surface area contributed by atoms with Gasteiger partial charge in [0, 0.05) is 25.5 Å². The summed E-state index contributed by atoms with van der Waals surface area (Å²) >= 11 is 0. The highest BCUT2D eigenvalue weighted by Crippen LogP contribution is 2.36. The first-order valence-corrected chi connectivity index (χ1v) is 6.13. The maximum atomic E-state index is 11.2. The van der Waals surface area contributed by atoms with E-state index in [9.17, 15) is 9.59 Å². The largest absolute Gasteiger partial charge is 0.426 e. The van der Waals surface area contributed by atoms with Crippen LogP contribution in [0.1, 0.15) is 45.7 Å². The van der Waals surface area contributed by atoms with Crippen molar-refractivity contribution in [3.63, 3.8) is 0 Å². The third kappa shape index (κ3) is 4.09. The quantitative estimate of drug-likeness (QED) is 0.608. The molecule has 0 saturated heterocycles. The first-order chi connectivity index (χ1) is 8.61. The van der Waals surface area contributed by atoms with E-state index in [0.717, 1.165) is 11.1 Å². The van der Waals surface area contributed by atoms with E-state index in [1.54, 1.807) is 6.07 Å². The molecular weight excluding hydrogens is 244 g/mol. The van der Waals surface area contributed by atoms with Crippen LogP contribution in [0.4, 0.5) is 0 Å². The van der Waals surface area contributed by atoms with E-state index in [2.05, 4.69) is 0 Å². The summed E-state index contributed by atoms with van der Waals surface area (Å²) in [6.45, 7) is 10.6. The second-order valence-corrected chi connectivity index (χ2v) is 5.55. The van der Waals surface area contributed by atoms with Crippen LogP contribution in [0.3, 0.4) is 0 Å². The predicted molar refractivity (Wildman–Crippen MR) is 72.5 cm³/mol. The highest BCUT2D eigenvalue weighted by atomic mass is 16.5. The molecule has 0 atom stereocenters. The zero-order valence-electron chi connectivity index (χ0n) is 12.3. The van der Waals surface area contributed by atoms with Gasteiger partial charge in [0.15, 0.2) is 0 Å². The zero-order valence-corrected chi connectivity index (χ0v) is 12.3. The van der Waals surface area contributed by atoms with Gasteiger partial charge < -0.3 is 9.47 Å². The van der Waals surface area contributed by atoms with E-state index in [0.29, 0.717) is 11.5 Å². The van der Waals surface area contributed by atoms with Gasteiger partial charge in [0.25, 0.3) is 0 Å². The molecule has 4 nitrogen and oxygen atoms in total. The molecule has 0 unspecified atom stereocenters. The van der Waals surface area contributed by atoms with E-state index in [4.69, 9.17) is 9.47 Å². The number of benzene rings is 1. The van der Waals surface area contributed by atoms with Gasteiger partial charge in [-0.3, -0.25) is 9.59 Å². The number of hydrogen-bond acceptors (Lipinski definition) is 4. The molecular formula is C15H20O4. The van der Waals surface area contributed by atoms with Crippen molar-refractivity contribution in [2.45, 2.75) is 47.0 Å². The molecule has 0 aliphatic heterocycles. The number of aryl methyl sites for hydroxylation is 1. The van der Waals surface area contributed by atoms with Gasteiger partial charge >= 0.3 is 11.9 Å².